The van der Waals surface area contributed by atoms with Gasteiger partial charge in [-0.05, 0) is 36.3 Å². The summed E-state index contributed by atoms with van der Waals surface area (Å²) in [5.41, 5.74) is 2.18. The molecule has 0 unspecified atom stereocenters. The van der Waals surface area contributed by atoms with E-state index in [0.29, 0.717) is 12.4 Å². The molecule has 25 heavy (non-hydrogen) atoms. The molecule has 5 nitrogen and oxygen atoms in total. The van der Waals surface area contributed by atoms with Crippen molar-refractivity contribution >= 4 is 11.9 Å². The van der Waals surface area contributed by atoms with E-state index in [0.717, 1.165) is 11.1 Å². The Morgan fingerprint density at radius 3 is 2.28 bits per heavy atom. The van der Waals surface area contributed by atoms with Gasteiger partial charge >= 0.3 is 11.9 Å². The van der Waals surface area contributed by atoms with E-state index in [9.17, 15) is 9.59 Å². The number of carbonyl (C=O) groups is 2. The summed E-state index contributed by atoms with van der Waals surface area (Å²) in [6.45, 7) is 1.82. The Morgan fingerprint density at radius 1 is 0.920 bits per heavy atom. The Kier molecular flexibility index (Phi) is 7.25. The van der Waals surface area contributed by atoms with E-state index >= 15 is 0 Å². The highest BCUT2D eigenvalue weighted by Crippen LogP contribution is 2.21. The van der Waals surface area contributed by atoms with Gasteiger partial charge in [0.2, 0.25) is 0 Å². The van der Waals surface area contributed by atoms with Crippen molar-refractivity contribution in [1.29, 1.82) is 0 Å². The zero-order chi connectivity index (χ0) is 17.9. The van der Waals surface area contributed by atoms with Crippen LogP contribution >= 0.6 is 0 Å². The Morgan fingerprint density at radius 2 is 1.60 bits per heavy atom. The molecule has 0 aromatic heterocycles. The zero-order valence-electron chi connectivity index (χ0n) is 14.0. The molecule has 130 valence electrons. The Bertz CT molecular complexity index is 705. The molecule has 2 aromatic carbocycles. The number of esters is 2. The minimum Gasteiger partial charge on any atom is -0.482 e. The van der Waals surface area contributed by atoms with Gasteiger partial charge in [-0.25, -0.2) is 9.59 Å². The highest BCUT2D eigenvalue weighted by Gasteiger charge is 2.04. The van der Waals surface area contributed by atoms with Crippen LogP contribution in [-0.2, 0) is 19.1 Å². The summed E-state index contributed by atoms with van der Waals surface area (Å²) in [4.78, 5) is 22.6. The Balaban J connectivity index is 1.74. The maximum absolute atomic E-state index is 11.6. The smallest absolute Gasteiger partial charge is 0.344 e. The molecule has 0 aliphatic heterocycles. The van der Waals surface area contributed by atoms with Crippen molar-refractivity contribution < 1.29 is 23.8 Å². The van der Waals surface area contributed by atoms with Crippen molar-refractivity contribution in [1.82, 2.24) is 0 Å². The van der Waals surface area contributed by atoms with Gasteiger partial charge in [0.25, 0.3) is 0 Å². The quantitative estimate of drug-likeness (QED) is 0.544. The molecular weight excluding hydrogens is 320 g/mol. The molecule has 0 bridgehead atoms. The second kappa shape index (κ2) is 9.93. The van der Waals surface area contributed by atoms with Crippen molar-refractivity contribution in [2.45, 2.75) is 6.92 Å². The SMILES string of the molecule is CCOC(=O)/C=C/COC(=O)COc1ccc(-c2ccccc2)cc1. The number of rotatable bonds is 8. The standard InChI is InChI=1S/C20H20O5/c1-2-23-19(21)9-6-14-24-20(22)15-25-18-12-10-17(11-13-18)16-7-4-3-5-8-16/h3-13H,2,14-15H2,1H3/b9-6+. The van der Waals surface area contributed by atoms with Gasteiger partial charge in [-0.15, -0.1) is 0 Å². The molecule has 0 amide bonds. The lowest BCUT2D eigenvalue weighted by molar-refractivity contribution is -0.145. The van der Waals surface area contributed by atoms with E-state index in [4.69, 9.17) is 14.2 Å². The maximum Gasteiger partial charge on any atom is 0.344 e. The molecule has 0 radical (unpaired) electrons. The number of hydrogen-bond donors (Lipinski definition) is 0. The van der Waals surface area contributed by atoms with Crippen LogP contribution in [0.25, 0.3) is 11.1 Å². The van der Waals surface area contributed by atoms with Crippen LogP contribution < -0.4 is 4.74 Å². The number of carbonyl (C=O) groups excluding carboxylic acids is 2. The van der Waals surface area contributed by atoms with Gasteiger partial charge in [0, 0.05) is 6.08 Å². The lowest BCUT2D eigenvalue weighted by Gasteiger charge is -2.07. The third-order valence-electron chi connectivity index (χ3n) is 3.20. The lowest BCUT2D eigenvalue weighted by atomic mass is 10.1. The highest BCUT2D eigenvalue weighted by molar-refractivity contribution is 5.82. The van der Waals surface area contributed by atoms with E-state index in [1.807, 2.05) is 42.5 Å². The van der Waals surface area contributed by atoms with Crippen molar-refractivity contribution in [2.75, 3.05) is 19.8 Å². The monoisotopic (exact) mass is 340 g/mol. The molecule has 0 atom stereocenters. The van der Waals surface area contributed by atoms with Crippen molar-refractivity contribution in [3.8, 4) is 16.9 Å². The van der Waals surface area contributed by atoms with Crippen LogP contribution in [-0.4, -0.2) is 31.8 Å². The molecule has 0 aliphatic rings. The number of ether oxygens (including phenoxy) is 3. The number of benzene rings is 2. The summed E-state index contributed by atoms with van der Waals surface area (Å²) in [5.74, 6) is -0.396. The first-order valence-electron chi connectivity index (χ1n) is 7.96. The van der Waals surface area contributed by atoms with Crippen molar-refractivity contribution in [3.63, 3.8) is 0 Å². The molecule has 0 saturated carbocycles. The largest absolute Gasteiger partial charge is 0.482 e. The average Bonchev–Trinajstić information content (AvgIpc) is 2.65. The van der Waals surface area contributed by atoms with Crippen LogP contribution in [0, 0.1) is 0 Å². The molecule has 0 fully saturated rings. The molecule has 0 aliphatic carbocycles. The summed E-state index contributed by atoms with van der Waals surface area (Å²) >= 11 is 0. The number of hydrogen-bond acceptors (Lipinski definition) is 5. The first kappa shape index (κ1) is 18.3. The third kappa shape index (κ3) is 6.51. The Labute approximate surface area is 146 Å². The average molecular weight is 340 g/mol. The highest BCUT2D eigenvalue weighted by atomic mass is 16.6. The summed E-state index contributed by atoms with van der Waals surface area (Å²) in [6, 6.07) is 17.4. The fraction of sp³-hybridized carbons (Fsp3) is 0.200. The molecule has 0 heterocycles. The van der Waals surface area contributed by atoms with Crippen molar-refractivity contribution in [2.24, 2.45) is 0 Å². The first-order chi connectivity index (χ1) is 12.2. The third-order valence-corrected chi connectivity index (χ3v) is 3.20. The van der Waals surface area contributed by atoms with Crippen LogP contribution in [0.2, 0.25) is 0 Å². The zero-order valence-corrected chi connectivity index (χ0v) is 14.0. The topological polar surface area (TPSA) is 61.8 Å². The van der Waals surface area contributed by atoms with Crippen LogP contribution in [0.5, 0.6) is 5.75 Å². The molecule has 0 saturated heterocycles. The van der Waals surface area contributed by atoms with Crippen LogP contribution in [0.3, 0.4) is 0 Å². The lowest BCUT2D eigenvalue weighted by Crippen LogP contribution is -2.15. The molecule has 5 heteroatoms. The van der Waals surface area contributed by atoms with E-state index < -0.39 is 11.9 Å². The fourth-order valence-electron chi connectivity index (χ4n) is 2.03. The molecular formula is C20H20O5. The van der Waals surface area contributed by atoms with Gasteiger partial charge in [0.15, 0.2) is 6.61 Å². The minimum atomic E-state index is -0.513. The van der Waals surface area contributed by atoms with Crippen molar-refractivity contribution in [3.05, 3.63) is 66.7 Å². The summed E-state index contributed by atoms with van der Waals surface area (Å²) in [6.07, 6.45) is 2.64. The predicted molar refractivity (Wildman–Crippen MR) is 94.1 cm³/mol. The van der Waals surface area contributed by atoms with Crippen LogP contribution in [0.15, 0.2) is 66.7 Å². The minimum absolute atomic E-state index is 0.00600. The van der Waals surface area contributed by atoms with Gasteiger partial charge in [0.1, 0.15) is 12.4 Å². The molecule has 0 spiro atoms. The Hall–Kier alpha value is -3.08. The van der Waals surface area contributed by atoms with E-state index in [-0.39, 0.29) is 13.2 Å². The molecule has 2 aromatic rings. The van der Waals surface area contributed by atoms with Gasteiger partial charge < -0.3 is 14.2 Å². The first-order valence-corrected chi connectivity index (χ1v) is 7.96. The van der Waals surface area contributed by atoms with E-state index in [1.165, 1.54) is 12.2 Å². The second-order valence-electron chi connectivity index (χ2n) is 5.02. The maximum atomic E-state index is 11.6. The van der Waals surface area contributed by atoms with E-state index in [1.54, 1.807) is 19.1 Å². The van der Waals surface area contributed by atoms with Gasteiger partial charge in [-0.2, -0.15) is 0 Å². The van der Waals surface area contributed by atoms with Gasteiger partial charge in [0.05, 0.1) is 6.61 Å². The van der Waals surface area contributed by atoms with E-state index in [2.05, 4.69) is 0 Å². The molecule has 0 N–H and O–H groups in total. The predicted octanol–water partition coefficient (Wildman–Crippen LogP) is 3.39. The fourth-order valence-corrected chi connectivity index (χ4v) is 2.03. The summed E-state index contributed by atoms with van der Waals surface area (Å²) in [5, 5.41) is 0. The second-order valence-corrected chi connectivity index (χ2v) is 5.02. The van der Waals surface area contributed by atoms with Crippen LogP contribution in [0.4, 0.5) is 0 Å². The van der Waals surface area contributed by atoms with Crippen LogP contribution in [0.1, 0.15) is 6.92 Å². The summed E-state index contributed by atoms with van der Waals surface area (Å²) < 4.78 is 15.0. The summed E-state index contributed by atoms with van der Waals surface area (Å²) in [7, 11) is 0. The molecule has 2 rings (SSSR count). The van der Waals surface area contributed by atoms with Gasteiger partial charge in [-0.3, -0.25) is 0 Å². The van der Waals surface area contributed by atoms with Gasteiger partial charge in [-0.1, -0.05) is 42.5 Å². The normalized spacial score (nSPS) is 10.4.